The molecule has 3 aromatic rings. The molecule has 39 heavy (non-hydrogen) atoms. The highest BCUT2D eigenvalue weighted by molar-refractivity contribution is 5.79. The van der Waals surface area contributed by atoms with Crippen LogP contribution >= 0.6 is 0 Å². The van der Waals surface area contributed by atoms with Crippen LogP contribution in [0.3, 0.4) is 0 Å². The maximum Gasteiger partial charge on any atom is 0.407 e. The van der Waals surface area contributed by atoms with Crippen LogP contribution in [0, 0.1) is 5.92 Å². The fourth-order valence-electron chi connectivity index (χ4n) is 4.46. The lowest BCUT2D eigenvalue weighted by Gasteiger charge is -2.29. The quantitative estimate of drug-likeness (QED) is 0.273. The number of nitrogens with one attached hydrogen (secondary N) is 2. The Hall–Kier alpha value is -3.68. The molecule has 0 radical (unpaired) electrons. The zero-order valence-electron chi connectivity index (χ0n) is 22.9. The second kappa shape index (κ2) is 14.5. The molecule has 3 rings (SSSR count). The first-order chi connectivity index (χ1) is 18.6. The predicted octanol–water partition coefficient (Wildman–Crippen LogP) is 4.58. The molecule has 0 fully saturated rings. The van der Waals surface area contributed by atoms with Crippen molar-refractivity contribution in [3.05, 3.63) is 108 Å². The van der Waals surface area contributed by atoms with Crippen LogP contribution < -0.4 is 10.6 Å². The number of rotatable bonds is 12. The fourth-order valence-corrected chi connectivity index (χ4v) is 4.46. The summed E-state index contributed by atoms with van der Waals surface area (Å²) in [6.45, 7) is 5.08. The molecule has 0 heterocycles. The number of hydrogen-bond acceptors (Lipinski definition) is 5. The van der Waals surface area contributed by atoms with E-state index in [1.807, 2.05) is 91.0 Å². The smallest absolute Gasteiger partial charge is 0.407 e. The Morgan fingerprint density at radius 3 is 1.82 bits per heavy atom. The lowest BCUT2D eigenvalue weighted by Crippen LogP contribution is -2.48. The minimum atomic E-state index is -1.04. The SMILES string of the molecule is CC(C)(C)OC(=O)N[C@@H](Cc1ccccc1)[C@@H](O)C[C@@H](Cc1ccccc1)C(=O)N[C@H](CO)c1ccccc1. The predicted molar refractivity (Wildman–Crippen MR) is 152 cm³/mol. The van der Waals surface area contributed by atoms with Gasteiger partial charge >= 0.3 is 6.09 Å². The lowest BCUT2D eigenvalue weighted by atomic mass is 9.88. The van der Waals surface area contributed by atoms with Gasteiger partial charge in [-0.3, -0.25) is 4.79 Å². The van der Waals surface area contributed by atoms with Gasteiger partial charge in [0.15, 0.2) is 0 Å². The molecule has 3 aromatic carbocycles. The van der Waals surface area contributed by atoms with E-state index in [-0.39, 0.29) is 18.9 Å². The van der Waals surface area contributed by atoms with Gasteiger partial charge in [-0.05, 0) is 56.7 Å². The Kier molecular flexibility index (Phi) is 11.1. The van der Waals surface area contributed by atoms with E-state index in [9.17, 15) is 19.8 Å². The van der Waals surface area contributed by atoms with Gasteiger partial charge in [-0.25, -0.2) is 4.79 Å². The number of carbonyl (C=O) groups excluding carboxylic acids is 2. The van der Waals surface area contributed by atoms with E-state index < -0.39 is 35.8 Å². The number of hydrogen-bond donors (Lipinski definition) is 4. The third kappa shape index (κ3) is 10.2. The third-order valence-electron chi connectivity index (χ3n) is 6.39. The van der Waals surface area contributed by atoms with Gasteiger partial charge in [-0.2, -0.15) is 0 Å². The average Bonchev–Trinajstić information content (AvgIpc) is 2.91. The third-order valence-corrected chi connectivity index (χ3v) is 6.39. The van der Waals surface area contributed by atoms with Crippen molar-refractivity contribution in [3.63, 3.8) is 0 Å². The monoisotopic (exact) mass is 532 g/mol. The largest absolute Gasteiger partial charge is 0.444 e. The summed E-state index contributed by atoms with van der Waals surface area (Å²) in [5.41, 5.74) is 1.98. The molecule has 0 saturated heterocycles. The van der Waals surface area contributed by atoms with Crippen LogP contribution in [0.4, 0.5) is 4.79 Å². The minimum absolute atomic E-state index is 0.0982. The van der Waals surface area contributed by atoms with Crippen LogP contribution in [-0.2, 0) is 22.4 Å². The van der Waals surface area contributed by atoms with Gasteiger partial charge in [-0.15, -0.1) is 0 Å². The summed E-state index contributed by atoms with van der Waals surface area (Å²) in [5, 5.41) is 27.2. The van der Waals surface area contributed by atoms with Crippen molar-refractivity contribution < 1.29 is 24.5 Å². The van der Waals surface area contributed by atoms with Crippen molar-refractivity contribution >= 4 is 12.0 Å². The Labute approximate surface area is 231 Å². The number of amides is 2. The van der Waals surface area contributed by atoms with E-state index in [4.69, 9.17) is 4.74 Å². The summed E-state index contributed by atoms with van der Waals surface area (Å²) in [4.78, 5) is 26.2. The van der Waals surface area contributed by atoms with E-state index in [1.54, 1.807) is 20.8 Å². The molecule has 0 aliphatic rings. The number of benzene rings is 3. The number of ether oxygens (including phenoxy) is 1. The molecule has 0 saturated carbocycles. The number of aliphatic hydroxyl groups excluding tert-OH is 2. The van der Waals surface area contributed by atoms with E-state index in [1.165, 1.54) is 0 Å². The summed E-state index contributed by atoms with van der Waals surface area (Å²) in [6, 6.07) is 27.2. The molecule has 7 nitrogen and oxygen atoms in total. The molecule has 2 amide bonds. The molecule has 0 spiro atoms. The topological polar surface area (TPSA) is 108 Å². The second-order valence-corrected chi connectivity index (χ2v) is 10.8. The minimum Gasteiger partial charge on any atom is -0.444 e. The van der Waals surface area contributed by atoms with Gasteiger partial charge in [0.05, 0.1) is 24.8 Å². The molecule has 0 aromatic heterocycles. The normalized spacial score (nSPS) is 14.5. The molecule has 0 unspecified atom stereocenters. The molecule has 4 N–H and O–H groups in total. The van der Waals surface area contributed by atoms with Crippen LogP contribution in [0.25, 0.3) is 0 Å². The van der Waals surface area contributed by atoms with Crippen molar-refractivity contribution in [1.29, 1.82) is 0 Å². The number of carbonyl (C=O) groups is 2. The van der Waals surface area contributed by atoms with Crippen LogP contribution in [0.5, 0.6) is 0 Å². The maximum absolute atomic E-state index is 13.6. The summed E-state index contributed by atoms with van der Waals surface area (Å²) in [7, 11) is 0. The van der Waals surface area contributed by atoms with Gasteiger partial charge in [0.25, 0.3) is 0 Å². The molecule has 208 valence electrons. The van der Waals surface area contributed by atoms with E-state index in [0.29, 0.717) is 12.8 Å². The molecule has 7 heteroatoms. The van der Waals surface area contributed by atoms with Crippen molar-refractivity contribution in [2.24, 2.45) is 5.92 Å². The maximum atomic E-state index is 13.6. The number of alkyl carbamates (subject to hydrolysis) is 1. The molecule has 4 atom stereocenters. The van der Waals surface area contributed by atoms with Crippen LogP contribution in [0.15, 0.2) is 91.0 Å². The van der Waals surface area contributed by atoms with Gasteiger partial charge in [0, 0.05) is 5.92 Å². The number of aliphatic hydroxyl groups is 2. The lowest BCUT2D eigenvalue weighted by molar-refractivity contribution is -0.127. The summed E-state index contributed by atoms with van der Waals surface area (Å²) in [6.07, 6.45) is -0.816. The first-order valence-corrected chi connectivity index (χ1v) is 13.4. The van der Waals surface area contributed by atoms with Crippen molar-refractivity contribution in [2.45, 2.75) is 63.8 Å². The first-order valence-electron chi connectivity index (χ1n) is 13.4. The molecular weight excluding hydrogens is 492 g/mol. The van der Waals surface area contributed by atoms with Gasteiger partial charge in [0.1, 0.15) is 5.60 Å². The van der Waals surface area contributed by atoms with Gasteiger partial charge < -0.3 is 25.6 Å². The van der Waals surface area contributed by atoms with Crippen molar-refractivity contribution in [2.75, 3.05) is 6.61 Å². The molecule has 0 aliphatic carbocycles. The van der Waals surface area contributed by atoms with Crippen LogP contribution in [0.2, 0.25) is 0 Å². The molecule has 0 aliphatic heterocycles. The highest BCUT2D eigenvalue weighted by Crippen LogP contribution is 2.21. The van der Waals surface area contributed by atoms with Crippen LogP contribution in [-0.4, -0.2) is 46.6 Å². The van der Waals surface area contributed by atoms with Crippen LogP contribution in [0.1, 0.15) is 49.9 Å². The highest BCUT2D eigenvalue weighted by Gasteiger charge is 2.31. The Balaban J connectivity index is 1.82. The van der Waals surface area contributed by atoms with Crippen molar-refractivity contribution in [1.82, 2.24) is 10.6 Å². The summed E-state index contributed by atoms with van der Waals surface area (Å²) >= 11 is 0. The first kappa shape index (κ1) is 29.9. The van der Waals surface area contributed by atoms with E-state index in [2.05, 4.69) is 10.6 Å². The Morgan fingerprint density at radius 1 is 0.795 bits per heavy atom. The van der Waals surface area contributed by atoms with E-state index >= 15 is 0 Å². The van der Waals surface area contributed by atoms with E-state index in [0.717, 1.165) is 16.7 Å². The zero-order chi connectivity index (χ0) is 28.3. The van der Waals surface area contributed by atoms with Gasteiger partial charge in [0.2, 0.25) is 5.91 Å². The Morgan fingerprint density at radius 2 is 1.31 bits per heavy atom. The summed E-state index contributed by atoms with van der Waals surface area (Å²) < 4.78 is 5.45. The van der Waals surface area contributed by atoms with Gasteiger partial charge in [-0.1, -0.05) is 91.0 Å². The fraction of sp³-hybridized carbons (Fsp3) is 0.375. The Bertz CT molecular complexity index is 1150. The van der Waals surface area contributed by atoms with Crippen molar-refractivity contribution in [3.8, 4) is 0 Å². The summed E-state index contributed by atoms with van der Waals surface area (Å²) in [5.74, 6) is -0.893. The zero-order valence-corrected chi connectivity index (χ0v) is 22.9. The average molecular weight is 533 g/mol. The standard InChI is InChI=1S/C32H40N2O5/c1-32(2,3)39-31(38)34-27(20-24-15-9-5-10-16-24)29(36)21-26(19-23-13-7-4-8-14-23)30(37)33-28(22-35)25-17-11-6-12-18-25/h4-18,26-29,35-36H,19-22H2,1-3H3,(H,33,37)(H,34,38)/t26-,27+,28-,29+/m1/s1. The molecular formula is C32H40N2O5. The second-order valence-electron chi connectivity index (χ2n) is 10.8. The molecule has 0 bridgehead atoms. The highest BCUT2D eigenvalue weighted by atomic mass is 16.6.